The number of carbonyl (C=O) groups is 2. The molecule has 5 nitrogen and oxygen atoms in total. The predicted octanol–water partition coefficient (Wildman–Crippen LogP) is 0.295. The second-order valence-corrected chi connectivity index (χ2v) is 3.77. The SMILES string of the molecule is COC(=O)/C=C/C(=O)OCC1(C)COC1. The Labute approximate surface area is 88.0 Å². The molecule has 0 bridgehead atoms. The zero-order valence-electron chi connectivity index (χ0n) is 8.82. The van der Waals surface area contributed by atoms with Crippen LogP contribution in [0.15, 0.2) is 12.2 Å². The van der Waals surface area contributed by atoms with Crippen LogP contribution in [0.5, 0.6) is 0 Å². The molecular formula is C10H14O5. The van der Waals surface area contributed by atoms with Crippen molar-refractivity contribution in [3.63, 3.8) is 0 Å². The molecule has 1 aliphatic heterocycles. The molecule has 0 atom stereocenters. The maximum Gasteiger partial charge on any atom is 0.331 e. The van der Waals surface area contributed by atoms with Gasteiger partial charge in [-0.3, -0.25) is 0 Å². The molecule has 1 heterocycles. The van der Waals surface area contributed by atoms with E-state index in [0.29, 0.717) is 19.8 Å². The molecule has 0 N–H and O–H groups in total. The average molecular weight is 214 g/mol. The van der Waals surface area contributed by atoms with Crippen molar-refractivity contribution in [2.75, 3.05) is 26.9 Å². The van der Waals surface area contributed by atoms with Crippen molar-refractivity contribution < 1.29 is 23.8 Å². The fourth-order valence-corrected chi connectivity index (χ4v) is 1.03. The highest BCUT2D eigenvalue weighted by molar-refractivity contribution is 5.91. The fraction of sp³-hybridized carbons (Fsp3) is 0.600. The van der Waals surface area contributed by atoms with Gasteiger partial charge in [-0.1, -0.05) is 6.92 Å². The molecule has 0 aromatic carbocycles. The highest BCUT2D eigenvalue weighted by atomic mass is 16.5. The second kappa shape index (κ2) is 4.93. The summed E-state index contributed by atoms with van der Waals surface area (Å²) in [5.74, 6) is -1.13. The average Bonchev–Trinajstić information content (AvgIpc) is 2.20. The Balaban J connectivity index is 2.24. The molecule has 1 aliphatic rings. The van der Waals surface area contributed by atoms with E-state index in [1.165, 1.54) is 7.11 Å². The third kappa shape index (κ3) is 3.71. The molecule has 15 heavy (non-hydrogen) atoms. The van der Waals surface area contributed by atoms with Crippen molar-refractivity contribution in [2.45, 2.75) is 6.92 Å². The molecule has 0 radical (unpaired) electrons. The second-order valence-electron chi connectivity index (χ2n) is 3.77. The van der Waals surface area contributed by atoms with Gasteiger partial charge < -0.3 is 14.2 Å². The lowest BCUT2D eigenvalue weighted by atomic mass is 9.90. The van der Waals surface area contributed by atoms with Gasteiger partial charge in [0.25, 0.3) is 0 Å². The minimum absolute atomic E-state index is 0.0746. The van der Waals surface area contributed by atoms with E-state index in [9.17, 15) is 9.59 Å². The normalized spacial score (nSPS) is 18.3. The van der Waals surface area contributed by atoms with Gasteiger partial charge in [0.15, 0.2) is 0 Å². The summed E-state index contributed by atoms with van der Waals surface area (Å²) < 4.78 is 14.3. The summed E-state index contributed by atoms with van der Waals surface area (Å²) in [6.07, 6.45) is 2.08. The highest BCUT2D eigenvalue weighted by Crippen LogP contribution is 2.26. The van der Waals surface area contributed by atoms with Gasteiger partial charge in [-0.05, 0) is 0 Å². The molecule has 1 saturated heterocycles. The lowest BCUT2D eigenvalue weighted by Gasteiger charge is -2.36. The van der Waals surface area contributed by atoms with Gasteiger partial charge in [0.2, 0.25) is 0 Å². The first-order valence-electron chi connectivity index (χ1n) is 4.56. The molecule has 0 unspecified atom stereocenters. The smallest absolute Gasteiger partial charge is 0.331 e. The van der Waals surface area contributed by atoms with E-state index in [0.717, 1.165) is 12.2 Å². The van der Waals surface area contributed by atoms with Crippen LogP contribution in [0.4, 0.5) is 0 Å². The van der Waals surface area contributed by atoms with E-state index in [1.807, 2.05) is 6.92 Å². The summed E-state index contributed by atoms with van der Waals surface area (Å²) >= 11 is 0. The van der Waals surface area contributed by atoms with Crippen LogP contribution in [0.3, 0.4) is 0 Å². The molecule has 0 amide bonds. The Kier molecular flexibility index (Phi) is 3.85. The minimum atomic E-state index is -0.579. The summed E-state index contributed by atoms with van der Waals surface area (Å²) in [4.78, 5) is 21.7. The highest BCUT2D eigenvalue weighted by Gasteiger charge is 2.34. The summed E-state index contributed by atoms with van der Waals surface area (Å²) in [6.45, 7) is 3.47. The van der Waals surface area contributed by atoms with E-state index in [2.05, 4.69) is 4.74 Å². The zero-order valence-corrected chi connectivity index (χ0v) is 8.82. The third-order valence-electron chi connectivity index (χ3n) is 2.02. The molecule has 0 aromatic heterocycles. The Morgan fingerprint density at radius 3 is 2.40 bits per heavy atom. The van der Waals surface area contributed by atoms with E-state index in [-0.39, 0.29) is 5.41 Å². The zero-order chi connectivity index (χ0) is 11.3. The Hall–Kier alpha value is -1.36. The molecule has 0 spiro atoms. The molecule has 1 rings (SSSR count). The lowest BCUT2D eigenvalue weighted by molar-refractivity contribution is -0.160. The molecular weight excluding hydrogens is 200 g/mol. The van der Waals surface area contributed by atoms with E-state index < -0.39 is 11.9 Å². The maximum atomic E-state index is 11.1. The standard InChI is InChI=1S/C10H14O5/c1-10(5-14-6-10)7-15-9(12)4-3-8(11)13-2/h3-4H,5-7H2,1-2H3/b4-3+. The van der Waals surface area contributed by atoms with Crippen LogP contribution in [0, 0.1) is 5.41 Å². The van der Waals surface area contributed by atoms with Gasteiger partial charge in [0.05, 0.1) is 20.3 Å². The van der Waals surface area contributed by atoms with Crippen molar-refractivity contribution in [3.05, 3.63) is 12.2 Å². The number of esters is 2. The lowest BCUT2D eigenvalue weighted by Crippen LogP contribution is -2.43. The van der Waals surface area contributed by atoms with Gasteiger partial charge in [0, 0.05) is 17.6 Å². The van der Waals surface area contributed by atoms with Crippen molar-refractivity contribution in [1.29, 1.82) is 0 Å². The minimum Gasteiger partial charge on any atom is -0.466 e. The predicted molar refractivity (Wildman–Crippen MR) is 51.0 cm³/mol. The van der Waals surface area contributed by atoms with Crippen molar-refractivity contribution in [3.8, 4) is 0 Å². The molecule has 0 aromatic rings. The molecule has 0 saturated carbocycles. The summed E-state index contributed by atoms with van der Waals surface area (Å²) in [5, 5.41) is 0. The summed E-state index contributed by atoms with van der Waals surface area (Å²) in [5.41, 5.74) is -0.0746. The quantitative estimate of drug-likeness (QED) is 0.497. The molecule has 0 aliphatic carbocycles. The number of hydrogen-bond donors (Lipinski definition) is 0. The van der Waals surface area contributed by atoms with Crippen LogP contribution in [-0.2, 0) is 23.8 Å². The van der Waals surface area contributed by atoms with Crippen molar-refractivity contribution in [2.24, 2.45) is 5.41 Å². The van der Waals surface area contributed by atoms with Gasteiger partial charge in [-0.15, -0.1) is 0 Å². The molecule has 1 fully saturated rings. The number of ether oxygens (including phenoxy) is 3. The van der Waals surface area contributed by atoms with Gasteiger partial charge >= 0.3 is 11.9 Å². The Morgan fingerprint density at radius 1 is 1.33 bits per heavy atom. The number of methoxy groups -OCH3 is 1. The number of hydrogen-bond acceptors (Lipinski definition) is 5. The fourth-order valence-electron chi connectivity index (χ4n) is 1.03. The Morgan fingerprint density at radius 2 is 1.93 bits per heavy atom. The first kappa shape index (κ1) is 11.7. The van der Waals surface area contributed by atoms with Crippen molar-refractivity contribution in [1.82, 2.24) is 0 Å². The van der Waals surface area contributed by atoms with Gasteiger partial charge in [0.1, 0.15) is 6.61 Å². The molecule has 84 valence electrons. The van der Waals surface area contributed by atoms with Gasteiger partial charge in [-0.2, -0.15) is 0 Å². The topological polar surface area (TPSA) is 61.8 Å². The van der Waals surface area contributed by atoms with Crippen LogP contribution in [0.25, 0.3) is 0 Å². The Bertz CT molecular complexity index is 278. The van der Waals surface area contributed by atoms with Crippen LogP contribution in [0.2, 0.25) is 0 Å². The monoisotopic (exact) mass is 214 g/mol. The largest absolute Gasteiger partial charge is 0.466 e. The first-order valence-corrected chi connectivity index (χ1v) is 4.56. The maximum absolute atomic E-state index is 11.1. The van der Waals surface area contributed by atoms with Crippen LogP contribution >= 0.6 is 0 Å². The van der Waals surface area contributed by atoms with E-state index >= 15 is 0 Å². The van der Waals surface area contributed by atoms with Crippen LogP contribution in [0.1, 0.15) is 6.92 Å². The summed E-state index contributed by atoms with van der Waals surface area (Å²) in [7, 11) is 1.24. The van der Waals surface area contributed by atoms with Crippen LogP contribution < -0.4 is 0 Å². The van der Waals surface area contributed by atoms with E-state index in [4.69, 9.17) is 9.47 Å². The van der Waals surface area contributed by atoms with Crippen molar-refractivity contribution >= 4 is 11.9 Å². The third-order valence-corrected chi connectivity index (χ3v) is 2.02. The van der Waals surface area contributed by atoms with Crippen LogP contribution in [-0.4, -0.2) is 38.9 Å². The number of carbonyl (C=O) groups excluding carboxylic acids is 2. The first-order chi connectivity index (χ1) is 7.06. The van der Waals surface area contributed by atoms with Gasteiger partial charge in [-0.25, -0.2) is 9.59 Å². The molecule has 5 heteroatoms. The van der Waals surface area contributed by atoms with E-state index in [1.54, 1.807) is 0 Å². The number of rotatable bonds is 4. The summed E-state index contributed by atoms with van der Waals surface area (Å²) in [6, 6.07) is 0.